The van der Waals surface area contributed by atoms with Gasteiger partial charge < -0.3 is 15.7 Å². The van der Waals surface area contributed by atoms with Crippen molar-refractivity contribution in [1.29, 1.82) is 0 Å². The Hall–Kier alpha value is -1.69. The third-order valence-corrected chi connectivity index (χ3v) is 3.79. The molecule has 1 aliphatic heterocycles. The quantitative estimate of drug-likeness (QED) is 0.782. The maximum atomic E-state index is 11.7. The van der Waals surface area contributed by atoms with Gasteiger partial charge in [-0.2, -0.15) is 11.8 Å². The summed E-state index contributed by atoms with van der Waals surface area (Å²) < 4.78 is 0. The minimum Gasteiger partial charge on any atom is -0.478 e. The van der Waals surface area contributed by atoms with E-state index < -0.39 is 5.97 Å². The van der Waals surface area contributed by atoms with Crippen LogP contribution >= 0.6 is 11.8 Å². The van der Waals surface area contributed by atoms with Crippen LogP contribution in [0.3, 0.4) is 0 Å². The zero-order valence-corrected chi connectivity index (χ0v) is 10.5. The van der Waals surface area contributed by atoms with Gasteiger partial charge in [-0.15, -0.1) is 0 Å². The molecule has 1 fully saturated rings. The molecule has 0 radical (unpaired) electrons. The van der Waals surface area contributed by atoms with Crippen molar-refractivity contribution in [3.63, 3.8) is 0 Å². The monoisotopic (exact) mass is 266 g/mol. The second kappa shape index (κ2) is 5.77. The Balaban J connectivity index is 1.93. The average molecular weight is 266 g/mol. The number of carboxylic acids is 1. The lowest BCUT2D eigenvalue weighted by molar-refractivity contribution is 0.0697. The van der Waals surface area contributed by atoms with Gasteiger partial charge in [0.25, 0.3) is 0 Å². The summed E-state index contributed by atoms with van der Waals surface area (Å²) in [6.45, 7) is 0. The fourth-order valence-corrected chi connectivity index (χ4v) is 2.88. The molecule has 1 saturated heterocycles. The van der Waals surface area contributed by atoms with Gasteiger partial charge >= 0.3 is 12.0 Å². The Morgan fingerprint density at radius 1 is 1.39 bits per heavy atom. The topological polar surface area (TPSA) is 78.4 Å². The number of amides is 2. The van der Waals surface area contributed by atoms with E-state index in [1.54, 1.807) is 12.1 Å². The number of thioether (sulfide) groups is 1. The van der Waals surface area contributed by atoms with Gasteiger partial charge in [-0.1, -0.05) is 6.07 Å². The molecule has 1 aromatic rings. The Labute approximate surface area is 109 Å². The largest absolute Gasteiger partial charge is 0.478 e. The van der Waals surface area contributed by atoms with Gasteiger partial charge in [-0.05, 0) is 30.4 Å². The second-order valence-electron chi connectivity index (χ2n) is 4.04. The molecular formula is C12H14N2O3S. The molecule has 3 N–H and O–H groups in total. The number of carbonyl (C=O) groups is 2. The van der Waals surface area contributed by atoms with Gasteiger partial charge in [0.2, 0.25) is 0 Å². The highest BCUT2D eigenvalue weighted by molar-refractivity contribution is 7.99. The molecular weight excluding hydrogens is 252 g/mol. The van der Waals surface area contributed by atoms with Gasteiger partial charge in [-0.25, -0.2) is 9.59 Å². The summed E-state index contributed by atoms with van der Waals surface area (Å²) >= 11 is 1.82. The second-order valence-corrected chi connectivity index (χ2v) is 5.19. The number of rotatable bonds is 3. The third-order valence-electron chi connectivity index (χ3n) is 2.63. The first-order valence-corrected chi connectivity index (χ1v) is 6.79. The van der Waals surface area contributed by atoms with Gasteiger partial charge in [0.15, 0.2) is 0 Å². The normalized spacial score (nSPS) is 18.3. The summed E-state index contributed by atoms with van der Waals surface area (Å²) in [5.74, 6) is 0.994. The number of carbonyl (C=O) groups excluding carboxylic acids is 1. The van der Waals surface area contributed by atoms with E-state index in [0.717, 1.165) is 17.9 Å². The Kier molecular flexibility index (Phi) is 4.09. The molecule has 2 amide bonds. The lowest BCUT2D eigenvalue weighted by Gasteiger charge is -2.12. The summed E-state index contributed by atoms with van der Waals surface area (Å²) in [7, 11) is 0. The standard InChI is InChI=1S/C12H14N2O3S/c15-11(16)8-2-1-3-9(6-8)13-12(17)14-10-4-5-18-7-10/h1-3,6,10H,4-5,7H2,(H,15,16)(H2,13,14,17). The highest BCUT2D eigenvalue weighted by Gasteiger charge is 2.17. The van der Waals surface area contributed by atoms with Crippen molar-refractivity contribution < 1.29 is 14.7 Å². The molecule has 18 heavy (non-hydrogen) atoms. The molecule has 2 rings (SSSR count). The van der Waals surface area contributed by atoms with Gasteiger partial charge in [0, 0.05) is 17.5 Å². The first-order chi connectivity index (χ1) is 8.65. The summed E-state index contributed by atoms with van der Waals surface area (Å²) in [5, 5.41) is 14.3. The van der Waals surface area contributed by atoms with Gasteiger partial charge in [-0.3, -0.25) is 0 Å². The van der Waals surface area contributed by atoms with Crippen molar-refractivity contribution in [2.75, 3.05) is 16.8 Å². The van der Waals surface area contributed by atoms with E-state index in [9.17, 15) is 9.59 Å². The summed E-state index contributed by atoms with van der Waals surface area (Å²) in [4.78, 5) is 22.5. The predicted octanol–water partition coefficient (Wildman–Crippen LogP) is 2.01. The molecule has 0 saturated carbocycles. The third kappa shape index (κ3) is 3.40. The number of urea groups is 1. The highest BCUT2D eigenvalue weighted by Crippen LogP contribution is 2.17. The van der Waals surface area contributed by atoms with Crippen LogP contribution in [0.2, 0.25) is 0 Å². The maximum absolute atomic E-state index is 11.7. The van der Waals surface area contributed by atoms with Crippen LogP contribution < -0.4 is 10.6 Å². The zero-order valence-electron chi connectivity index (χ0n) is 9.68. The molecule has 0 aliphatic carbocycles. The van der Waals surface area contributed by atoms with Crippen LogP contribution in [0.5, 0.6) is 0 Å². The molecule has 96 valence electrons. The van der Waals surface area contributed by atoms with Crippen molar-refractivity contribution in [3.05, 3.63) is 29.8 Å². The van der Waals surface area contributed by atoms with Crippen molar-refractivity contribution in [2.24, 2.45) is 0 Å². The highest BCUT2D eigenvalue weighted by atomic mass is 32.2. The number of hydrogen-bond donors (Lipinski definition) is 3. The maximum Gasteiger partial charge on any atom is 0.335 e. The molecule has 5 nitrogen and oxygen atoms in total. The smallest absolute Gasteiger partial charge is 0.335 e. The molecule has 6 heteroatoms. The minimum atomic E-state index is -1.01. The molecule has 1 heterocycles. The van der Waals surface area contributed by atoms with Gasteiger partial charge in [0.05, 0.1) is 5.56 Å². The van der Waals surface area contributed by atoms with E-state index in [2.05, 4.69) is 10.6 Å². The number of anilines is 1. The molecule has 1 aliphatic rings. The Bertz CT molecular complexity index is 458. The first-order valence-electron chi connectivity index (χ1n) is 5.64. The van der Waals surface area contributed by atoms with Gasteiger partial charge in [0.1, 0.15) is 0 Å². The van der Waals surface area contributed by atoms with E-state index >= 15 is 0 Å². The number of carboxylic acid groups (broad SMARTS) is 1. The fraction of sp³-hybridized carbons (Fsp3) is 0.333. The minimum absolute atomic E-state index is 0.157. The number of benzene rings is 1. The van der Waals surface area contributed by atoms with Crippen LogP contribution in [-0.4, -0.2) is 34.7 Å². The number of aromatic carboxylic acids is 1. The fourth-order valence-electron chi connectivity index (χ4n) is 1.73. The SMILES string of the molecule is O=C(Nc1cccc(C(=O)O)c1)NC1CCSC1. The van der Waals surface area contributed by atoms with Crippen molar-refractivity contribution in [3.8, 4) is 0 Å². The number of hydrogen-bond acceptors (Lipinski definition) is 3. The summed E-state index contributed by atoms with van der Waals surface area (Å²) in [5.41, 5.74) is 0.641. The van der Waals surface area contributed by atoms with Crippen molar-refractivity contribution in [2.45, 2.75) is 12.5 Å². The lowest BCUT2D eigenvalue weighted by Crippen LogP contribution is -2.37. The van der Waals surface area contributed by atoms with Crippen molar-refractivity contribution >= 4 is 29.4 Å². The van der Waals surface area contributed by atoms with Crippen LogP contribution in [0.4, 0.5) is 10.5 Å². The van der Waals surface area contributed by atoms with Crippen molar-refractivity contribution in [1.82, 2.24) is 5.32 Å². The van der Waals surface area contributed by atoms with Crippen LogP contribution in [0.1, 0.15) is 16.8 Å². The van der Waals surface area contributed by atoms with Crippen LogP contribution in [-0.2, 0) is 0 Å². The molecule has 0 spiro atoms. The Morgan fingerprint density at radius 2 is 2.22 bits per heavy atom. The molecule has 0 aromatic heterocycles. The van der Waals surface area contributed by atoms with E-state index in [-0.39, 0.29) is 17.6 Å². The predicted molar refractivity (Wildman–Crippen MR) is 71.3 cm³/mol. The molecule has 1 aromatic carbocycles. The van der Waals surface area contributed by atoms with E-state index in [0.29, 0.717) is 5.69 Å². The zero-order chi connectivity index (χ0) is 13.0. The Morgan fingerprint density at radius 3 is 2.89 bits per heavy atom. The first kappa shape index (κ1) is 12.8. The number of nitrogens with one attached hydrogen (secondary N) is 2. The van der Waals surface area contributed by atoms with Crippen LogP contribution in [0.15, 0.2) is 24.3 Å². The van der Waals surface area contributed by atoms with Crippen LogP contribution in [0, 0.1) is 0 Å². The van der Waals surface area contributed by atoms with Crippen LogP contribution in [0.25, 0.3) is 0 Å². The molecule has 0 bridgehead atoms. The summed E-state index contributed by atoms with van der Waals surface area (Å²) in [6, 6.07) is 6.10. The van der Waals surface area contributed by atoms with E-state index in [1.807, 2.05) is 11.8 Å². The lowest BCUT2D eigenvalue weighted by atomic mass is 10.2. The molecule has 1 atom stereocenters. The van der Waals surface area contributed by atoms with E-state index in [4.69, 9.17) is 5.11 Å². The average Bonchev–Trinajstić information content (AvgIpc) is 2.82. The summed E-state index contributed by atoms with van der Waals surface area (Å²) in [6.07, 6.45) is 0.979. The van der Waals surface area contributed by atoms with E-state index in [1.165, 1.54) is 12.1 Å². The molecule has 1 unspecified atom stereocenters.